The molecule has 0 bridgehead atoms. The van der Waals surface area contributed by atoms with Crippen molar-refractivity contribution in [3.63, 3.8) is 0 Å². The van der Waals surface area contributed by atoms with E-state index in [9.17, 15) is 4.79 Å². The van der Waals surface area contributed by atoms with Crippen molar-refractivity contribution in [3.05, 3.63) is 48.3 Å². The van der Waals surface area contributed by atoms with Gasteiger partial charge in [-0.1, -0.05) is 12.1 Å². The number of hydrogen-bond acceptors (Lipinski definition) is 2. The highest BCUT2D eigenvalue weighted by molar-refractivity contribution is 5.85. The second-order valence-electron chi connectivity index (χ2n) is 3.67. The van der Waals surface area contributed by atoms with Crippen molar-refractivity contribution in [3.8, 4) is 0 Å². The van der Waals surface area contributed by atoms with E-state index in [1.54, 1.807) is 16.8 Å². The standard InChI is InChI=1S/C13H12N2O2/c14-7-5-10-6-8-15(9-13(16)17)12-4-2-1-3-11(10)12/h1-8,14H,9H2,(H,16,17)/p+1. The fourth-order valence-corrected chi connectivity index (χ4v) is 1.84. The number of fused-ring (bicyclic) bond motifs is 1. The van der Waals surface area contributed by atoms with Crippen molar-refractivity contribution in [2.45, 2.75) is 6.54 Å². The van der Waals surface area contributed by atoms with E-state index in [0.717, 1.165) is 16.5 Å². The Hall–Kier alpha value is -2.36. The van der Waals surface area contributed by atoms with Gasteiger partial charge in [0.2, 0.25) is 12.1 Å². The number of pyridine rings is 1. The van der Waals surface area contributed by atoms with Crippen LogP contribution in [0.4, 0.5) is 0 Å². The molecule has 0 spiro atoms. The van der Waals surface area contributed by atoms with E-state index in [1.165, 1.54) is 6.20 Å². The topological polar surface area (TPSA) is 67.2 Å². The molecule has 0 aliphatic carbocycles. The molecule has 0 saturated heterocycles. The zero-order chi connectivity index (χ0) is 12.3. The molecule has 0 aliphatic rings. The third-order valence-corrected chi connectivity index (χ3v) is 2.54. The summed E-state index contributed by atoms with van der Waals surface area (Å²) in [5.41, 5.74) is 7.25. The normalized spacial score (nSPS) is 11.1. The summed E-state index contributed by atoms with van der Waals surface area (Å²) < 4.78 is 1.70. The summed E-state index contributed by atoms with van der Waals surface area (Å²) in [6, 6.07) is 9.50. The Morgan fingerprint density at radius 2 is 2.12 bits per heavy atom. The Balaban J connectivity index is 2.66. The SMILES string of the molecule is N/C=C/c1cc[n+](CC(=O)O)c2ccccc12. The summed E-state index contributed by atoms with van der Waals surface area (Å²) in [4.78, 5) is 10.8. The second kappa shape index (κ2) is 4.65. The van der Waals surface area contributed by atoms with Gasteiger partial charge in [0.1, 0.15) is 0 Å². The smallest absolute Gasteiger partial charge is 0.370 e. The van der Waals surface area contributed by atoms with Crippen LogP contribution in [-0.4, -0.2) is 11.1 Å². The van der Waals surface area contributed by atoms with Gasteiger partial charge in [-0.25, -0.2) is 4.79 Å². The van der Waals surface area contributed by atoms with Gasteiger partial charge in [0.15, 0.2) is 6.20 Å². The van der Waals surface area contributed by atoms with Gasteiger partial charge in [-0.05, 0) is 23.9 Å². The number of hydrogen-bond donors (Lipinski definition) is 2. The lowest BCUT2D eigenvalue weighted by molar-refractivity contribution is -0.660. The van der Waals surface area contributed by atoms with E-state index in [4.69, 9.17) is 10.8 Å². The minimum atomic E-state index is -0.859. The number of aromatic nitrogens is 1. The van der Waals surface area contributed by atoms with Gasteiger partial charge in [-0.3, -0.25) is 0 Å². The summed E-state index contributed by atoms with van der Waals surface area (Å²) in [6.45, 7) is -0.0485. The first kappa shape index (κ1) is 11.1. The van der Waals surface area contributed by atoms with Crippen LogP contribution in [0.2, 0.25) is 0 Å². The highest BCUT2D eigenvalue weighted by Gasteiger charge is 2.13. The van der Waals surface area contributed by atoms with Gasteiger partial charge >= 0.3 is 5.97 Å². The van der Waals surface area contributed by atoms with Crippen molar-refractivity contribution in [2.24, 2.45) is 5.73 Å². The van der Waals surface area contributed by atoms with Gasteiger partial charge < -0.3 is 10.8 Å². The van der Waals surface area contributed by atoms with Gasteiger partial charge in [0.05, 0.1) is 5.39 Å². The number of carboxylic acids is 1. The van der Waals surface area contributed by atoms with Crippen LogP contribution in [0.15, 0.2) is 42.7 Å². The van der Waals surface area contributed by atoms with Crippen LogP contribution in [0.25, 0.3) is 17.0 Å². The highest BCUT2D eigenvalue weighted by Crippen LogP contribution is 2.16. The minimum Gasteiger partial charge on any atom is -0.477 e. The molecule has 2 rings (SSSR count). The molecule has 17 heavy (non-hydrogen) atoms. The van der Waals surface area contributed by atoms with Crippen LogP contribution in [0.3, 0.4) is 0 Å². The van der Waals surface area contributed by atoms with Crippen molar-refractivity contribution in [1.82, 2.24) is 0 Å². The summed E-state index contributed by atoms with van der Waals surface area (Å²) in [7, 11) is 0. The fourth-order valence-electron chi connectivity index (χ4n) is 1.84. The predicted molar refractivity (Wildman–Crippen MR) is 65.0 cm³/mol. The second-order valence-corrected chi connectivity index (χ2v) is 3.67. The molecule has 1 heterocycles. The number of nitrogens with two attached hydrogens (primary N) is 1. The first-order chi connectivity index (χ1) is 8.22. The molecule has 4 nitrogen and oxygen atoms in total. The monoisotopic (exact) mass is 229 g/mol. The average Bonchev–Trinajstić information content (AvgIpc) is 2.32. The van der Waals surface area contributed by atoms with E-state index < -0.39 is 5.97 Å². The molecular weight excluding hydrogens is 216 g/mol. The zero-order valence-corrected chi connectivity index (χ0v) is 9.21. The Kier molecular flexibility index (Phi) is 3.05. The Morgan fingerprint density at radius 1 is 1.35 bits per heavy atom. The van der Waals surface area contributed by atoms with E-state index in [2.05, 4.69) is 0 Å². The summed E-state index contributed by atoms with van der Waals surface area (Å²) in [6.07, 6.45) is 5.03. The van der Waals surface area contributed by atoms with E-state index in [-0.39, 0.29) is 6.54 Å². The lowest BCUT2D eigenvalue weighted by Crippen LogP contribution is -2.38. The molecule has 0 saturated carbocycles. The van der Waals surface area contributed by atoms with Gasteiger partial charge in [-0.15, -0.1) is 0 Å². The quantitative estimate of drug-likeness (QED) is 0.775. The van der Waals surface area contributed by atoms with Crippen LogP contribution in [0.1, 0.15) is 5.56 Å². The minimum absolute atomic E-state index is 0.0485. The highest BCUT2D eigenvalue weighted by atomic mass is 16.4. The van der Waals surface area contributed by atoms with Crippen molar-refractivity contribution >= 4 is 22.9 Å². The molecule has 2 aromatic rings. The maximum atomic E-state index is 10.8. The van der Waals surface area contributed by atoms with Crippen LogP contribution in [0, 0.1) is 0 Å². The third kappa shape index (κ3) is 2.25. The van der Waals surface area contributed by atoms with E-state index >= 15 is 0 Å². The summed E-state index contributed by atoms with van der Waals surface area (Å²) in [5, 5.41) is 9.83. The first-order valence-corrected chi connectivity index (χ1v) is 5.23. The molecule has 3 N–H and O–H groups in total. The lowest BCUT2D eigenvalue weighted by Gasteiger charge is -2.02. The number of rotatable bonds is 3. The van der Waals surface area contributed by atoms with Crippen LogP contribution < -0.4 is 10.3 Å². The number of carboxylic acid groups (broad SMARTS) is 1. The molecule has 0 unspecified atom stereocenters. The van der Waals surface area contributed by atoms with Crippen LogP contribution >= 0.6 is 0 Å². The van der Waals surface area contributed by atoms with Crippen molar-refractivity contribution < 1.29 is 14.5 Å². The summed E-state index contributed by atoms with van der Waals surface area (Å²) in [5.74, 6) is -0.859. The first-order valence-electron chi connectivity index (χ1n) is 5.23. The molecule has 86 valence electrons. The number of carbonyl (C=O) groups is 1. The molecule has 0 amide bonds. The van der Waals surface area contributed by atoms with Crippen LogP contribution in [-0.2, 0) is 11.3 Å². The van der Waals surface area contributed by atoms with Crippen LogP contribution in [0.5, 0.6) is 0 Å². The van der Waals surface area contributed by atoms with E-state index in [0.29, 0.717) is 0 Å². The van der Waals surface area contributed by atoms with Gasteiger partial charge in [0, 0.05) is 12.1 Å². The zero-order valence-electron chi connectivity index (χ0n) is 9.21. The number of aliphatic carboxylic acids is 1. The number of para-hydroxylation sites is 1. The Bertz CT molecular complexity index is 591. The number of benzene rings is 1. The molecule has 1 aromatic heterocycles. The number of nitrogens with zero attached hydrogens (tertiary/aromatic N) is 1. The fraction of sp³-hybridized carbons (Fsp3) is 0.0769. The summed E-state index contributed by atoms with van der Waals surface area (Å²) >= 11 is 0. The largest absolute Gasteiger partial charge is 0.477 e. The predicted octanol–water partition coefficient (Wildman–Crippen LogP) is 1.14. The molecular formula is C13H13N2O2+. The third-order valence-electron chi connectivity index (χ3n) is 2.54. The van der Waals surface area contributed by atoms with Gasteiger partial charge in [-0.2, -0.15) is 4.57 Å². The molecule has 0 aliphatic heterocycles. The van der Waals surface area contributed by atoms with Crippen molar-refractivity contribution in [2.75, 3.05) is 0 Å². The Labute approximate surface area is 98.6 Å². The maximum absolute atomic E-state index is 10.8. The molecule has 0 radical (unpaired) electrons. The van der Waals surface area contributed by atoms with E-state index in [1.807, 2.05) is 30.3 Å². The Morgan fingerprint density at radius 3 is 2.82 bits per heavy atom. The molecule has 0 fully saturated rings. The van der Waals surface area contributed by atoms with Gasteiger partial charge in [0.25, 0.3) is 0 Å². The molecule has 1 aromatic carbocycles. The lowest BCUT2D eigenvalue weighted by atomic mass is 10.1. The average molecular weight is 229 g/mol. The molecule has 4 heteroatoms. The van der Waals surface area contributed by atoms with Crippen molar-refractivity contribution in [1.29, 1.82) is 0 Å². The maximum Gasteiger partial charge on any atom is 0.370 e. The molecule has 0 atom stereocenters.